The molecule has 0 spiro atoms. The van der Waals surface area contributed by atoms with Crippen LogP contribution in [0.1, 0.15) is 18.1 Å². The van der Waals surface area contributed by atoms with Crippen LogP contribution in [-0.4, -0.2) is 36.8 Å². The molecule has 0 radical (unpaired) electrons. The molecule has 18 heavy (non-hydrogen) atoms. The Labute approximate surface area is 113 Å². The van der Waals surface area contributed by atoms with Crippen molar-refractivity contribution in [2.24, 2.45) is 5.92 Å². The van der Waals surface area contributed by atoms with Crippen LogP contribution in [0.15, 0.2) is 24.3 Å². The summed E-state index contributed by atoms with van der Waals surface area (Å²) in [6, 6.07) is 7.59. The molecule has 1 aromatic carbocycles. The van der Waals surface area contributed by atoms with Gasteiger partial charge in [0.15, 0.2) is 0 Å². The van der Waals surface area contributed by atoms with E-state index in [1.54, 1.807) is 7.11 Å². The Hall–Kier alpha value is -0.710. The Morgan fingerprint density at radius 3 is 2.83 bits per heavy atom. The van der Waals surface area contributed by atoms with Crippen molar-refractivity contribution in [2.45, 2.75) is 12.5 Å². The molecule has 1 aliphatic rings. The molecule has 0 aliphatic carbocycles. The Balaban J connectivity index is 1.74. The van der Waals surface area contributed by atoms with Gasteiger partial charge >= 0.3 is 0 Å². The summed E-state index contributed by atoms with van der Waals surface area (Å²) in [5, 5.41) is 13.4. The molecular weight excluding hydrogens is 246 g/mol. The van der Waals surface area contributed by atoms with Gasteiger partial charge in [0, 0.05) is 6.54 Å². The highest BCUT2D eigenvalue weighted by molar-refractivity contribution is 7.99. The molecule has 100 valence electrons. The lowest BCUT2D eigenvalue weighted by molar-refractivity contribution is 0.173. The van der Waals surface area contributed by atoms with E-state index < -0.39 is 6.10 Å². The van der Waals surface area contributed by atoms with Gasteiger partial charge in [-0.1, -0.05) is 12.1 Å². The number of rotatable bonds is 6. The van der Waals surface area contributed by atoms with Gasteiger partial charge in [-0.05, 0) is 48.1 Å². The molecule has 2 unspecified atom stereocenters. The standard InChI is InChI=1S/C14H21NO2S/c1-17-13-4-2-12(3-5-13)14(16)9-15-8-11-6-7-18-10-11/h2-5,11,14-16H,6-10H2,1H3. The van der Waals surface area contributed by atoms with E-state index in [1.807, 2.05) is 36.0 Å². The van der Waals surface area contributed by atoms with Gasteiger partial charge in [-0.2, -0.15) is 11.8 Å². The maximum Gasteiger partial charge on any atom is 0.118 e. The summed E-state index contributed by atoms with van der Waals surface area (Å²) in [6.07, 6.45) is 0.862. The zero-order chi connectivity index (χ0) is 12.8. The van der Waals surface area contributed by atoms with Gasteiger partial charge in [0.25, 0.3) is 0 Å². The first-order valence-corrected chi connectivity index (χ1v) is 7.55. The minimum absolute atomic E-state index is 0.440. The molecule has 2 N–H and O–H groups in total. The molecule has 1 saturated heterocycles. The SMILES string of the molecule is COc1ccc(C(O)CNCC2CCSC2)cc1. The van der Waals surface area contributed by atoms with E-state index in [0.29, 0.717) is 6.54 Å². The smallest absolute Gasteiger partial charge is 0.118 e. The predicted molar refractivity (Wildman–Crippen MR) is 76.3 cm³/mol. The van der Waals surface area contributed by atoms with Crippen molar-refractivity contribution in [1.29, 1.82) is 0 Å². The van der Waals surface area contributed by atoms with Crippen LogP contribution in [-0.2, 0) is 0 Å². The summed E-state index contributed by atoms with van der Waals surface area (Å²) >= 11 is 2.03. The molecule has 2 rings (SSSR count). The molecule has 0 saturated carbocycles. The Kier molecular flexibility index (Phi) is 5.35. The summed E-state index contributed by atoms with van der Waals surface area (Å²) in [7, 11) is 1.65. The van der Waals surface area contributed by atoms with Crippen molar-refractivity contribution in [3.05, 3.63) is 29.8 Å². The van der Waals surface area contributed by atoms with Crippen LogP contribution in [0.2, 0.25) is 0 Å². The third-order valence-corrected chi connectivity index (χ3v) is 4.53. The lowest BCUT2D eigenvalue weighted by atomic mass is 10.1. The average molecular weight is 267 g/mol. The van der Waals surface area contributed by atoms with Crippen molar-refractivity contribution in [3.8, 4) is 5.75 Å². The molecule has 1 aromatic rings. The van der Waals surface area contributed by atoms with E-state index in [0.717, 1.165) is 23.8 Å². The second-order valence-corrected chi connectivity index (χ2v) is 5.83. The first-order chi connectivity index (χ1) is 8.79. The van der Waals surface area contributed by atoms with E-state index in [9.17, 15) is 5.11 Å². The number of hydrogen-bond donors (Lipinski definition) is 2. The lowest BCUT2D eigenvalue weighted by Crippen LogP contribution is -2.27. The van der Waals surface area contributed by atoms with E-state index in [4.69, 9.17) is 4.74 Å². The number of aliphatic hydroxyl groups is 1. The van der Waals surface area contributed by atoms with Gasteiger partial charge in [-0.15, -0.1) is 0 Å². The summed E-state index contributed by atoms with van der Waals surface area (Å²) in [5.41, 5.74) is 0.934. The Bertz CT molecular complexity index is 349. The second kappa shape index (κ2) is 7.02. The van der Waals surface area contributed by atoms with E-state index in [2.05, 4.69) is 5.32 Å². The number of aliphatic hydroxyl groups excluding tert-OH is 1. The summed E-state index contributed by atoms with van der Waals surface area (Å²) in [4.78, 5) is 0. The van der Waals surface area contributed by atoms with E-state index >= 15 is 0 Å². The number of benzene rings is 1. The van der Waals surface area contributed by atoms with Gasteiger partial charge in [-0.3, -0.25) is 0 Å². The quantitative estimate of drug-likeness (QED) is 0.828. The fourth-order valence-corrected chi connectivity index (χ4v) is 3.40. The third kappa shape index (κ3) is 3.90. The predicted octanol–water partition coefficient (Wildman–Crippen LogP) is 2.07. The Morgan fingerprint density at radius 1 is 1.44 bits per heavy atom. The molecular formula is C14H21NO2S. The van der Waals surface area contributed by atoms with Crippen LogP contribution in [0.5, 0.6) is 5.75 Å². The first kappa shape index (κ1) is 13.7. The maximum absolute atomic E-state index is 10.0. The fourth-order valence-electron chi connectivity index (χ4n) is 2.11. The van der Waals surface area contributed by atoms with E-state index in [-0.39, 0.29) is 0 Å². The van der Waals surface area contributed by atoms with Crippen LogP contribution in [0.4, 0.5) is 0 Å². The highest BCUT2D eigenvalue weighted by atomic mass is 32.2. The van der Waals surface area contributed by atoms with Crippen molar-refractivity contribution in [3.63, 3.8) is 0 Å². The Morgan fingerprint density at radius 2 is 2.22 bits per heavy atom. The molecule has 4 heteroatoms. The molecule has 1 aliphatic heterocycles. The molecule has 2 atom stereocenters. The number of nitrogens with one attached hydrogen (secondary N) is 1. The molecule has 1 heterocycles. The lowest BCUT2D eigenvalue weighted by Gasteiger charge is -2.15. The zero-order valence-electron chi connectivity index (χ0n) is 10.8. The van der Waals surface area contributed by atoms with E-state index in [1.165, 1.54) is 17.9 Å². The topological polar surface area (TPSA) is 41.5 Å². The van der Waals surface area contributed by atoms with Crippen molar-refractivity contribution < 1.29 is 9.84 Å². The zero-order valence-corrected chi connectivity index (χ0v) is 11.6. The number of hydrogen-bond acceptors (Lipinski definition) is 4. The van der Waals surface area contributed by atoms with Gasteiger partial charge in [0.05, 0.1) is 13.2 Å². The third-order valence-electron chi connectivity index (χ3n) is 3.30. The fraction of sp³-hybridized carbons (Fsp3) is 0.571. The first-order valence-electron chi connectivity index (χ1n) is 6.40. The summed E-state index contributed by atoms with van der Waals surface area (Å²) < 4.78 is 5.10. The highest BCUT2D eigenvalue weighted by Gasteiger charge is 2.15. The molecule has 3 nitrogen and oxygen atoms in total. The van der Waals surface area contributed by atoms with Crippen molar-refractivity contribution >= 4 is 11.8 Å². The van der Waals surface area contributed by atoms with Crippen LogP contribution in [0, 0.1) is 5.92 Å². The number of thioether (sulfide) groups is 1. The monoisotopic (exact) mass is 267 g/mol. The normalized spacial score (nSPS) is 20.9. The largest absolute Gasteiger partial charge is 0.497 e. The second-order valence-electron chi connectivity index (χ2n) is 4.68. The molecule has 1 fully saturated rings. The van der Waals surface area contributed by atoms with Crippen LogP contribution < -0.4 is 10.1 Å². The molecule has 0 bridgehead atoms. The number of ether oxygens (including phenoxy) is 1. The van der Waals surface area contributed by atoms with Crippen LogP contribution >= 0.6 is 11.8 Å². The van der Waals surface area contributed by atoms with Crippen molar-refractivity contribution in [1.82, 2.24) is 5.32 Å². The minimum Gasteiger partial charge on any atom is -0.497 e. The molecule has 0 amide bonds. The van der Waals surface area contributed by atoms with Crippen LogP contribution in [0.3, 0.4) is 0 Å². The van der Waals surface area contributed by atoms with Gasteiger partial charge in [0.1, 0.15) is 5.75 Å². The highest BCUT2D eigenvalue weighted by Crippen LogP contribution is 2.22. The van der Waals surface area contributed by atoms with Crippen molar-refractivity contribution in [2.75, 3.05) is 31.7 Å². The molecule has 0 aromatic heterocycles. The minimum atomic E-state index is -0.440. The summed E-state index contributed by atoms with van der Waals surface area (Å²) in [5.74, 6) is 4.14. The maximum atomic E-state index is 10.0. The number of methoxy groups -OCH3 is 1. The van der Waals surface area contributed by atoms with Crippen LogP contribution in [0.25, 0.3) is 0 Å². The van der Waals surface area contributed by atoms with Gasteiger partial charge in [0.2, 0.25) is 0 Å². The summed E-state index contributed by atoms with van der Waals surface area (Å²) in [6.45, 7) is 1.63. The average Bonchev–Trinajstić information content (AvgIpc) is 2.92. The van der Waals surface area contributed by atoms with Gasteiger partial charge in [-0.25, -0.2) is 0 Å². The van der Waals surface area contributed by atoms with Gasteiger partial charge < -0.3 is 15.2 Å².